The largest absolute Gasteiger partial charge is 0.497 e. The van der Waals surface area contributed by atoms with E-state index in [0.717, 1.165) is 15.8 Å². The summed E-state index contributed by atoms with van der Waals surface area (Å²) in [7, 11) is -1.33. The molecule has 18 heavy (non-hydrogen) atoms. The van der Waals surface area contributed by atoms with Crippen LogP contribution in [-0.4, -0.2) is 33.6 Å². The van der Waals surface area contributed by atoms with E-state index in [1.165, 1.54) is 6.26 Å². The Morgan fingerprint density at radius 3 is 2.67 bits per heavy atom. The van der Waals surface area contributed by atoms with Crippen LogP contribution in [0.4, 0.5) is 0 Å². The molecule has 1 rings (SSSR count). The molecule has 0 saturated carbocycles. The van der Waals surface area contributed by atoms with Crippen LogP contribution in [0, 0.1) is 0 Å². The van der Waals surface area contributed by atoms with Crippen LogP contribution in [0.15, 0.2) is 22.7 Å². The summed E-state index contributed by atoms with van der Waals surface area (Å²) >= 11 is 3.46. The van der Waals surface area contributed by atoms with Crippen LogP contribution < -0.4 is 10.1 Å². The van der Waals surface area contributed by atoms with Crippen molar-refractivity contribution < 1.29 is 13.2 Å². The van der Waals surface area contributed by atoms with Gasteiger partial charge in [-0.3, -0.25) is 0 Å². The summed E-state index contributed by atoms with van der Waals surface area (Å²) < 4.78 is 28.4. The third kappa shape index (κ3) is 5.37. The Balaban J connectivity index is 2.63. The lowest BCUT2D eigenvalue weighted by atomic mass is 10.2. The van der Waals surface area contributed by atoms with Gasteiger partial charge in [-0.25, -0.2) is 8.42 Å². The molecule has 0 radical (unpaired) electrons. The molecule has 1 atom stereocenters. The van der Waals surface area contributed by atoms with E-state index in [0.29, 0.717) is 6.54 Å². The number of methoxy groups -OCH3 is 1. The average Bonchev–Trinajstić information content (AvgIpc) is 2.25. The lowest BCUT2D eigenvalue weighted by Gasteiger charge is -2.14. The van der Waals surface area contributed by atoms with Gasteiger partial charge in [0.15, 0.2) is 0 Å². The first-order valence-corrected chi connectivity index (χ1v) is 8.40. The Labute approximate surface area is 117 Å². The first kappa shape index (κ1) is 15.5. The number of ether oxygens (including phenoxy) is 1. The first-order valence-electron chi connectivity index (χ1n) is 5.55. The van der Waals surface area contributed by atoms with E-state index in [9.17, 15) is 8.42 Å². The van der Waals surface area contributed by atoms with Crippen molar-refractivity contribution in [2.24, 2.45) is 0 Å². The molecule has 0 spiro atoms. The van der Waals surface area contributed by atoms with Crippen LogP contribution in [0.1, 0.15) is 12.5 Å². The molecule has 0 aliphatic rings. The Morgan fingerprint density at radius 1 is 1.44 bits per heavy atom. The number of nitrogens with one attached hydrogen (secondary N) is 1. The van der Waals surface area contributed by atoms with Gasteiger partial charge in [0, 0.05) is 23.3 Å². The summed E-state index contributed by atoms with van der Waals surface area (Å²) in [6, 6.07) is 5.62. The molecule has 0 amide bonds. The molecule has 1 aromatic rings. The fourth-order valence-corrected chi connectivity index (χ4v) is 3.02. The second-order valence-corrected chi connectivity index (χ2v) is 7.37. The van der Waals surface area contributed by atoms with E-state index < -0.39 is 9.84 Å². The standard InChI is InChI=1S/C12H18BrNO3S/c1-9(8-18(3,15)16)14-7-10-6-11(17-2)4-5-12(10)13/h4-6,9,14H,7-8H2,1-3H3. The first-order chi connectivity index (χ1) is 8.31. The Bertz CT molecular complexity index is 502. The molecule has 0 saturated heterocycles. The van der Waals surface area contributed by atoms with Gasteiger partial charge < -0.3 is 10.1 Å². The summed E-state index contributed by atoms with van der Waals surface area (Å²) in [4.78, 5) is 0. The van der Waals surface area contributed by atoms with Crippen molar-refractivity contribution in [2.75, 3.05) is 19.1 Å². The molecule has 1 N–H and O–H groups in total. The zero-order valence-electron chi connectivity index (χ0n) is 10.7. The van der Waals surface area contributed by atoms with Gasteiger partial charge in [0.2, 0.25) is 0 Å². The minimum absolute atomic E-state index is 0.0851. The molecule has 102 valence electrons. The van der Waals surface area contributed by atoms with E-state index >= 15 is 0 Å². The minimum Gasteiger partial charge on any atom is -0.497 e. The molecule has 0 aliphatic carbocycles. The quantitative estimate of drug-likeness (QED) is 0.863. The molecule has 6 heteroatoms. The summed E-state index contributed by atoms with van der Waals surface area (Å²) in [5.74, 6) is 0.917. The van der Waals surface area contributed by atoms with E-state index in [2.05, 4.69) is 21.2 Å². The van der Waals surface area contributed by atoms with Crippen molar-refractivity contribution >= 4 is 25.8 Å². The normalized spacial score (nSPS) is 13.3. The zero-order valence-corrected chi connectivity index (χ0v) is 13.1. The van der Waals surface area contributed by atoms with Gasteiger partial charge in [-0.1, -0.05) is 15.9 Å². The monoisotopic (exact) mass is 335 g/mol. The summed E-state index contributed by atoms with van der Waals surface area (Å²) in [5, 5.41) is 3.18. The van der Waals surface area contributed by atoms with Crippen molar-refractivity contribution in [3.63, 3.8) is 0 Å². The van der Waals surface area contributed by atoms with Gasteiger partial charge in [-0.2, -0.15) is 0 Å². The van der Waals surface area contributed by atoms with Crippen molar-refractivity contribution in [2.45, 2.75) is 19.5 Å². The molecule has 1 unspecified atom stereocenters. The molecular formula is C12H18BrNO3S. The maximum Gasteiger partial charge on any atom is 0.148 e. The van der Waals surface area contributed by atoms with Crippen molar-refractivity contribution in [1.82, 2.24) is 5.32 Å². The second-order valence-electron chi connectivity index (χ2n) is 4.33. The number of sulfone groups is 1. The number of hydrogen-bond acceptors (Lipinski definition) is 4. The van der Waals surface area contributed by atoms with Crippen LogP contribution in [-0.2, 0) is 16.4 Å². The topological polar surface area (TPSA) is 55.4 Å². The van der Waals surface area contributed by atoms with Crippen LogP contribution in [0.3, 0.4) is 0 Å². The number of halogens is 1. The highest BCUT2D eigenvalue weighted by atomic mass is 79.9. The minimum atomic E-state index is -2.95. The molecule has 0 aliphatic heterocycles. The predicted molar refractivity (Wildman–Crippen MR) is 76.7 cm³/mol. The van der Waals surface area contributed by atoms with E-state index in [4.69, 9.17) is 4.74 Å². The molecular weight excluding hydrogens is 318 g/mol. The Hall–Kier alpha value is -0.590. The van der Waals surface area contributed by atoms with Gasteiger partial charge in [-0.05, 0) is 30.7 Å². The maximum absolute atomic E-state index is 11.2. The van der Waals surface area contributed by atoms with Gasteiger partial charge in [-0.15, -0.1) is 0 Å². The third-order valence-electron chi connectivity index (χ3n) is 2.45. The summed E-state index contributed by atoms with van der Waals surface area (Å²) in [5.41, 5.74) is 1.04. The smallest absolute Gasteiger partial charge is 0.148 e. The van der Waals surface area contributed by atoms with Crippen LogP contribution in [0.5, 0.6) is 5.75 Å². The van der Waals surface area contributed by atoms with E-state index in [1.807, 2.05) is 25.1 Å². The molecule has 0 aromatic heterocycles. The third-order valence-corrected chi connectivity index (χ3v) is 4.33. The van der Waals surface area contributed by atoms with Crippen LogP contribution >= 0.6 is 15.9 Å². The highest BCUT2D eigenvalue weighted by Gasteiger charge is 2.10. The fourth-order valence-electron chi connectivity index (χ4n) is 1.61. The van der Waals surface area contributed by atoms with Crippen molar-refractivity contribution in [1.29, 1.82) is 0 Å². The van der Waals surface area contributed by atoms with E-state index in [1.54, 1.807) is 7.11 Å². The van der Waals surface area contributed by atoms with Gasteiger partial charge in [0.05, 0.1) is 12.9 Å². The second kappa shape index (κ2) is 6.54. The van der Waals surface area contributed by atoms with Crippen molar-refractivity contribution in [3.05, 3.63) is 28.2 Å². The fraction of sp³-hybridized carbons (Fsp3) is 0.500. The van der Waals surface area contributed by atoms with Crippen LogP contribution in [0.25, 0.3) is 0 Å². The Morgan fingerprint density at radius 2 is 2.11 bits per heavy atom. The number of hydrogen-bond donors (Lipinski definition) is 1. The van der Waals surface area contributed by atoms with Gasteiger partial charge in [0.25, 0.3) is 0 Å². The SMILES string of the molecule is COc1ccc(Br)c(CNC(C)CS(C)(=O)=O)c1. The lowest BCUT2D eigenvalue weighted by Crippen LogP contribution is -2.32. The highest BCUT2D eigenvalue weighted by molar-refractivity contribution is 9.10. The van der Waals surface area contributed by atoms with Crippen molar-refractivity contribution in [3.8, 4) is 5.75 Å². The van der Waals surface area contributed by atoms with E-state index in [-0.39, 0.29) is 11.8 Å². The lowest BCUT2D eigenvalue weighted by molar-refractivity contribution is 0.413. The highest BCUT2D eigenvalue weighted by Crippen LogP contribution is 2.22. The summed E-state index contributed by atoms with van der Waals surface area (Å²) in [6.45, 7) is 2.45. The van der Waals surface area contributed by atoms with Crippen LogP contribution in [0.2, 0.25) is 0 Å². The predicted octanol–water partition coefficient (Wildman–Crippen LogP) is 1.98. The molecule has 0 heterocycles. The van der Waals surface area contributed by atoms with Gasteiger partial charge in [0.1, 0.15) is 15.6 Å². The molecule has 1 aromatic carbocycles. The zero-order chi connectivity index (χ0) is 13.8. The molecule has 0 fully saturated rings. The molecule has 0 bridgehead atoms. The number of benzene rings is 1. The summed E-state index contributed by atoms with van der Waals surface area (Å²) in [6.07, 6.45) is 1.24. The average molecular weight is 336 g/mol. The maximum atomic E-state index is 11.2. The molecule has 4 nitrogen and oxygen atoms in total. The Kier molecular flexibility index (Phi) is 5.62. The van der Waals surface area contributed by atoms with Gasteiger partial charge >= 0.3 is 0 Å². The number of rotatable bonds is 6.